The van der Waals surface area contributed by atoms with Crippen molar-refractivity contribution in [1.29, 1.82) is 0 Å². The molecule has 1 aromatic carbocycles. The maximum atomic E-state index is 14.0. The summed E-state index contributed by atoms with van der Waals surface area (Å²) in [6.07, 6.45) is 9.15. The summed E-state index contributed by atoms with van der Waals surface area (Å²) in [6.45, 7) is 11.5. The Labute approximate surface area is 215 Å². The molecule has 2 unspecified atom stereocenters. The number of hydrogen-bond donors (Lipinski definition) is 2. The lowest BCUT2D eigenvalue weighted by Crippen LogP contribution is -2.55. The van der Waals surface area contributed by atoms with Crippen LogP contribution in [0.15, 0.2) is 24.3 Å². The molecule has 2 N–H and O–H groups in total. The van der Waals surface area contributed by atoms with Gasteiger partial charge in [0.1, 0.15) is 17.7 Å². The van der Waals surface area contributed by atoms with Gasteiger partial charge in [-0.05, 0) is 71.1 Å². The largest absolute Gasteiger partial charge is 0.444 e. The van der Waals surface area contributed by atoms with Crippen molar-refractivity contribution in [3.05, 3.63) is 35.4 Å². The highest BCUT2D eigenvalue weighted by molar-refractivity contribution is 7.98. The minimum absolute atomic E-state index is 0.302. The third-order valence-corrected chi connectivity index (χ3v) is 5.82. The normalized spacial score (nSPS) is 12.9. The van der Waals surface area contributed by atoms with Crippen molar-refractivity contribution in [3.8, 4) is 12.3 Å². The molecule has 0 aliphatic heterocycles. The zero-order valence-corrected chi connectivity index (χ0v) is 23.0. The number of rotatable bonds is 12. The van der Waals surface area contributed by atoms with E-state index in [0.717, 1.165) is 12.8 Å². The van der Waals surface area contributed by atoms with Crippen LogP contribution >= 0.6 is 11.8 Å². The fourth-order valence-electron chi connectivity index (χ4n) is 3.57. The van der Waals surface area contributed by atoms with Gasteiger partial charge in [-0.15, -0.1) is 6.42 Å². The molecule has 194 valence electrons. The number of benzene rings is 1. The van der Waals surface area contributed by atoms with Gasteiger partial charge in [0.2, 0.25) is 11.8 Å². The van der Waals surface area contributed by atoms with Gasteiger partial charge in [-0.25, -0.2) is 4.79 Å². The molecule has 0 aliphatic carbocycles. The minimum atomic E-state index is -0.941. The molecular weight excluding hydrogens is 462 g/mol. The van der Waals surface area contributed by atoms with Gasteiger partial charge in [0.05, 0.1) is 0 Å². The molecule has 7 nitrogen and oxygen atoms in total. The van der Waals surface area contributed by atoms with Gasteiger partial charge in [-0.2, -0.15) is 11.8 Å². The minimum Gasteiger partial charge on any atom is -0.444 e. The van der Waals surface area contributed by atoms with Crippen LogP contribution < -0.4 is 10.6 Å². The van der Waals surface area contributed by atoms with Crippen LogP contribution in [0.4, 0.5) is 4.79 Å². The summed E-state index contributed by atoms with van der Waals surface area (Å²) in [4.78, 5) is 41.5. The average Bonchev–Trinajstić information content (AvgIpc) is 2.78. The number of nitrogens with one attached hydrogen (secondary N) is 2. The van der Waals surface area contributed by atoms with E-state index in [1.54, 1.807) is 56.8 Å². The van der Waals surface area contributed by atoms with Gasteiger partial charge in [0.25, 0.3) is 0 Å². The summed E-state index contributed by atoms with van der Waals surface area (Å²) in [6, 6.07) is 5.00. The molecule has 1 rings (SSSR count). The van der Waals surface area contributed by atoms with E-state index < -0.39 is 23.8 Å². The van der Waals surface area contributed by atoms with Crippen molar-refractivity contribution in [1.82, 2.24) is 15.5 Å². The summed E-state index contributed by atoms with van der Waals surface area (Å²) < 4.78 is 5.40. The smallest absolute Gasteiger partial charge is 0.408 e. The summed E-state index contributed by atoms with van der Waals surface area (Å²) in [5.41, 5.74) is 0.414. The molecular formula is C27H41N3O4S. The maximum Gasteiger partial charge on any atom is 0.408 e. The Hall–Kier alpha value is -2.66. The molecule has 0 fully saturated rings. The predicted octanol–water partition coefficient (Wildman–Crippen LogP) is 4.51. The second kappa shape index (κ2) is 14.7. The van der Waals surface area contributed by atoms with Crippen molar-refractivity contribution < 1.29 is 19.1 Å². The van der Waals surface area contributed by atoms with Crippen LogP contribution in [-0.2, 0) is 14.3 Å². The number of alkyl carbamates (subject to hydrolysis) is 1. The highest BCUT2D eigenvalue weighted by Crippen LogP contribution is 2.28. The summed E-state index contributed by atoms with van der Waals surface area (Å²) in [5, 5.41) is 5.69. The lowest BCUT2D eigenvalue weighted by atomic mass is 9.96. The Morgan fingerprint density at radius 1 is 1.20 bits per heavy atom. The third-order valence-electron chi connectivity index (χ3n) is 5.18. The van der Waals surface area contributed by atoms with E-state index >= 15 is 0 Å². The van der Waals surface area contributed by atoms with E-state index in [0.29, 0.717) is 29.8 Å². The van der Waals surface area contributed by atoms with Crippen molar-refractivity contribution >= 4 is 29.7 Å². The first kappa shape index (κ1) is 30.4. The Bertz CT molecular complexity index is 889. The van der Waals surface area contributed by atoms with Gasteiger partial charge in [0.15, 0.2) is 0 Å². The van der Waals surface area contributed by atoms with Crippen molar-refractivity contribution in [2.45, 2.75) is 84.5 Å². The molecule has 0 radical (unpaired) electrons. The highest BCUT2D eigenvalue weighted by Gasteiger charge is 2.38. The van der Waals surface area contributed by atoms with Crippen LogP contribution in [0, 0.1) is 12.3 Å². The van der Waals surface area contributed by atoms with Crippen LogP contribution in [0.3, 0.4) is 0 Å². The molecule has 0 spiro atoms. The second-order valence-corrected chi connectivity index (χ2v) is 10.6. The van der Waals surface area contributed by atoms with E-state index in [4.69, 9.17) is 11.2 Å². The van der Waals surface area contributed by atoms with E-state index in [-0.39, 0.29) is 17.9 Å². The maximum absolute atomic E-state index is 14.0. The van der Waals surface area contributed by atoms with Crippen LogP contribution in [0.1, 0.15) is 78.0 Å². The zero-order chi connectivity index (χ0) is 26.6. The average molecular weight is 504 g/mol. The van der Waals surface area contributed by atoms with Gasteiger partial charge in [-0.1, -0.05) is 37.5 Å². The SMILES string of the molecule is C#Cc1ccccc1C(C(=O)NCCCC)N(C(=O)C(CCSC)NC(=O)OC(C)(C)C)C(C)C. The number of ether oxygens (including phenoxy) is 1. The number of thioether (sulfide) groups is 1. The number of carbonyl (C=O) groups is 3. The highest BCUT2D eigenvalue weighted by atomic mass is 32.2. The monoisotopic (exact) mass is 503 g/mol. The molecule has 0 aliphatic rings. The van der Waals surface area contributed by atoms with Gasteiger partial charge < -0.3 is 20.3 Å². The van der Waals surface area contributed by atoms with Crippen LogP contribution in [0.2, 0.25) is 0 Å². The number of unbranched alkanes of at least 4 members (excludes halogenated alkanes) is 1. The fraction of sp³-hybridized carbons (Fsp3) is 0.593. The molecule has 0 heterocycles. The van der Waals surface area contributed by atoms with Crippen molar-refractivity contribution in [3.63, 3.8) is 0 Å². The van der Waals surface area contributed by atoms with E-state index in [1.807, 2.05) is 27.0 Å². The molecule has 0 saturated carbocycles. The number of nitrogens with zero attached hydrogens (tertiary/aromatic N) is 1. The summed E-state index contributed by atoms with van der Waals surface area (Å²) in [5.74, 6) is 2.63. The number of carbonyl (C=O) groups excluding carboxylic acids is 3. The van der Waals surface area contributed by atoms with E-state index in [2.05, 4.69) is 16.6 Å². The first-order valence-electron chi connectivity index (χ1n) is 12.1. The molecule has 0 saturated heterocycles. The molecule has 0 aromatic heterocycles. The topological polar surface area (TPSA) is 87.7 Å². The number of hydrogen-bond acceptors (Lipinski definition) is 5. The molecule has 35 heavy (non-hydrogen) atoms. The van der Waals surface area contributed by atoms with Crippen LogP contribution in [0.5, 0.6) is 0 Å². The van der Waals surface area contributed by atoms with E-state index in [9.17, 15) is 14.4 Å². The second-order valence-electron chi connectivity index (χ2n) is 9.60. The Morgan fingerprint density at radius 3 is 2.40 bits per heavy atom. The fourth-order valence-corrected chi connectivity index (χ4v) is 4.04. The lowest BCUT2D eigenvalue weighted by molar-refractivity contribution is -0.144. The Balaban J connectivity index is 3.46. The summed E-state index contributed by atoms with van der Waals surface area (Å²) in [7, 11) is 0. The predicted molar refractivity (Wildman–Crippen MR) is 143 cm³/mol. The third kappa shape index (κ3) is 9.85. The standard InChI is InChI=1S/C27H41N3O4S/c1-9-11-17-28-24(31)23(21-15-13-12-14-20(21)10-2)30(19(3)4)25(32)22(16-18-35-8)29-26(33)34-27(5,6)7/h2,12-15,19,22-23H,9,11,16-18H2,1,3-8H3,(H,28,31)(H,29,33). The van der Waals surface area contributed by atoms with Crippen LogP contribution in [-0.4, -0.2) is 59.0 Å². The number of terminal acetylenes is 1. The van der Waals surface area contributed by atoms with Gasteiger partial charge in [-0.3, -0.25) is 9.59 Å². The molecule has 2 atom stereocenters. The molecule has 8 heteroatoms. The molecule has 0 bridgehead atoms. The van der Waals surface area contributed by atoms with Gasteiger partial charge >= 0.3 is 6.09 Å². The first-order valence-corrected chi connectivity index (χ1v) is 13.5. The van der Waals surface area contributed by atoms with Gasteiger partial charge in [0, 0.05) is 18.2 Å². The quantitative estimate of drug-likeness (QED) is 0.324. The Morgan fingerprint density at radius 2 is 1.86 bits per heavy atom. The first-order chi connectivity index (χ1) is 16.5. The Kier molecular flexibility index (Phi) is 12.7. The van der Waals surface area contributed by atoms with Crippen LogP contribution in [0.25, 0.3) is 0 Å². The zero-order valence-electron chi connectivity index (χ0n) is 22.1. The van der Waals surface area contributed by atoms with Crippen molar-refractivity contribution in [2.24, 2.45) is 0 Å². The summed E-state index contributed by atoms with van der Waals surface area (Å²) >= 11 is 1.57. The lowest BCUT2D eigenvalue weighted by Gasteiger charge is -2.37. The molecule has 1 aromatic rings. The molecule has 3 amide bonds. The van der Waals surface area contributed by atoms with E-state index in [1.165, 1.54) is 4.90 Å². The van der Waals surface area contributed by atoms with Crippen molar-refractivity contribution in [2.75, 3.05) is 18.6 Å². The number of amides is 3.